The molecular weight excluding hydrogens is 236 g/mol. The molecule has 3 heteroatoms. The van der Waals surface area contributed by atoms with E-state index in [4.69, 9.17) is 0 Å². The number of benzene rings is 1. The number of nitrogens with one attached hydrogen (secondary N) is 1. The predicted molar refractivity (Wildman–Crippen MR) is 79.2 cm³/mol. The number of aliphatic hydroxyl groups excluding tert-OH is 1. The monoisotopic (exact) mass is 258 g/mol. The number of para-hydroxylation sites is 1. The molecule has 19 heavy (non-hydrogen) atoms. The molecule has 0 bridgehead atoms. The highest BCUT2D eigenvalue weighted by molar-refractivity contribution is 5.78. The van der Waals surface area contributed by atoms with Gasteiger partial charge in [0.1, 0.15) is 0 Å². The minimum atomic E-state index is -0.382. The number of rotatable bonds is 6. The van der Waals surface area contributed by atoms with Gasteiger partial charge in [0, 0.05) is 24.0 Å². The first-order valence-corrected chi connectivity index (χ1v) is 6.88. The summed E-state index contributed by atoms with van der Waals surface area (Å²) in [6.07, 6.45) is 0.211. The number of nitrogens with zero attached hydrogens (tertiary/aromatic N) is 1. The minimum Gasteiger partial charge on any atom is -0.391 e. The van der Waals surface area contributed by atoms with Crippen LogP contribution in [0.2, 0.25) is 0 Å². The number of hydrogen-bond donors (Lipinski definition) is 2. The van der Waals surface area contributed by atoms with Gasteiger partial charge in [-0.1, -0.05) is 38.1 Å². The van der Waals surface area contributed by atoms with Crippen molar-refractivity contribution in [2.45, 2.75) is 26.4 Å². The molecule has 0 amide bonds. The lowest BCUT2D eigenvalue weighted by Gasteiger charge is -2.13. The fourth-order valence-electron chi connectivity index (χ4n) is 2.07. The van der Waals surface area contributed by atoms with E-state index >= 15 is 0 Å². The quantitative estimate of drug-likeness (QED) is 0.836. The molecule has 2 N–H and O–H groups in total. The van der Waals surface area contributed by atoms with Crippen molar-refractivity contribution in [2.24, 2.45) is 5.92 Å². The van der Waals surface area contributed by atoms with Crippen LogP contribution < -0.4 is 5.32 Å². The summed E-state index contributed by atoms with van der Waals surface area (Å²) < 4.78 is 0. The molecule has 1 aromatic carbocycles. The summed E-state index contributed by atoms with van der Waals surface area (Å²) in [6, 6.07) is 12.1. The first-order valence-electron chi connectivity index (χ1n) is 6.88. The molecule has 0 aliphatic heterocycles. The van der Waals surface area contributed by atoms with Gasteiger partial charge in [0.25, 0.3) is 0 Å². The summed E-state index contributed by atoms with van der Waals surface area (Å²) in [7, 11) is 0. The largest absolute Gasteiger partial charge is 0.391 e. The van der Waals surface area contributed by atoms with E-state index in [1.54, 1.807) is 0 Å². The van der Waals surface area contributed by atoms with Gasteiger partial charge >= 0.3 is 0 Å². The van der Waals surface area contributed by atoms with Crippen LogP contribution in [0.4, 0.5) is 0 Å². The van der Waals surface area contributed by atoms with Crippen LogP contribution in [-0.4, -0.2) is 29.3 Å². The number of fused-ring (bicyclic) bond motifs is 1. The van der Waals surface area contributed by atoms with E-state index in [1.165, 1.54) is 0 Å². The Balaban J connectivity index is 1.93. The summed E-state index contributed by atoms with van der Waals surface area (Å²) in [5.41, 5.74) is 1.93. The average Bonchev–Trinajstić information content (AvgIpc) is 2.38. The standard InChI is InChI=1S/C16H22N2O/c1-12(2)10-17-11-15(19)9-14-8-7-13-5-3-4-6-16(13)18-14/h3-8,12,15,17,19H,9-11H2,1-2H3. The van der Waals surface area contributed by atoms with Gasteiger partial charge in [-0.15, -0.1) is 0 Å². The Bertz CT molecular complexity index is 525. The Labute approximate surface area is 114 Å². The zero-order chi connectivity index (χ0) is 13.7. The fourth-order valence-corrected chi connectivity index (χ4v) is 2.07. The molecule has 1 atom stereocenters. The molecule has 1 unspecified atom stereocenters. The first kappa shape index (κ1) is 14.0. The maximum Gasteiger partial charge on any atom is 0.0719 e. The molecule has 0 aliphatic rings. The average molecular weight is 258 g/mol. The van der Waals surface area contributed by atoms with E-state index in [2.05, 4.69) is 30.2 Å². The van der Waals surface area contributed by atoms with Gasteiger partial charge < -0.3 is 10.4 Å². The molecule has 0 fully saturated rings. The van der Waals surface area contributed by atoms with Gasteiger partial charge in [0.15, 0.2) is 0 Å². The first-order chi connectivity index (χ1) is 9.15. The second-order valence-electron chi connectivity index (χ2n) is 5.41. The van der Waals surface area contributed by atoms with Gasteiger partial charge in [0.2, 0.25) is 0 Å². The van der Waals surface area contributed by atoms with E-state index in [0.29, 0.717) is 18.9 Å². The Morgan fingerprint density at radius 2 is 1.89 bits per heavy atom. The van der Waals surface area contributed by atoms with E-state index in [-0.39, 0.29) is 6.10 Å². The van der Waals surface area contributed by atoms with Crippen molar-refractivity contribution in [3.63, 3.8) is 0 Å². The number of aliphatic hydroxyl groups is 1. The van der Waals surface area contributed by atoms with Gasteiger partial charge in [0.05, 0.1) is 11.6 Å². The van der Waals surface area contributed by atoms with Crippen LogP contribution in [0.5, 0.6) is 0 Å². The minimum absolute atomic E-state index is 0.382. The van der Waals surface area contributed by atoms with Crippen molar-refractivity contribution in [3.05, 3.63) is 42.1 Å². The SMILES string of the molecule is CC(C)CNCC(O)Cc1ccc2ccccc2n1. The van der Waals surface area contributed by atoms with E-state index < -0.39 is 0 Å². The van der Waals surface area contributed by atoms with Crippen LogP contribution in [-0.2, 0) is 6.42 Å². The third kappa shape index (κ3) is 4.30. The van der Waals surface area contributed by atoms with Gasteiger partial charge in [-0.3, -0.25) is 4.98 Å². The number of hydrogen-bond acceptors (Lipinski definition) is 3. The molecule has 1 aromatic heterocycles. The lowest BCUT2D eigenvalue weighted by molar-refractivity contribution is 0.169. The summed E-state index contributed by atoms with van der Waals surface area (Å²) in [4.78, 5) is 4.57. The van der Waals surface area contributed by atoms with Crippen LogP contribution in [0.15, 0.2) is 36.4 Å². The zero-order valence-corrected chi connectivity index (χ0v) is 11.6. The van der Waals surface area contributed by atoms with Gasteiger partial charge in [-0.25, -0.2) is 0 Å². The number of aromatic nitrogens is 1. The molecule has 2 aromatic rings. The zero-order valence-electron chi connectivity index (χ0n) is 11.6. The third-order valence-electron chi connectivity index (χ3n) is 3.03. The molecule has 0 radical (unpaired) electrons. The molecule has 0 saturated carbocycles. The highest BCUT2D eigenvalue weighted by atomic mass is 16.3. The predicted octanol–water partition coefficient (Wildman–Crippen LogP) is 2.38. The van der Waals surface area contributed by atoms with Gasteiger partial charge in [-0.05, 0) is 24.6 Å². The van der Waals surface area contributed by atoms with E-state index in [9.17, 15) is 5.11 Å². The third-order valence-corrected chi connectivity index (χ3v) is 3.03. The van der Waals surface area contributed by atoms with E-state index in [0.717, 1.165) is 23.1 Å². The fraction of sp³-hybridized carbons (Fsp3) is 0.438. The Kier molecular flexibility index (Phi) is 4.88. The molecule has 0 saturated heterocycles. The smallest absolute Gasteiger partial charge is 0.0719 e. The molecule has 2 rings (SSSR count). The summed E-state index contributed by atoms with van der Waals surface area (Å²) in [6.45, 7) is 5.86. The topological polar surface area (TPSA) is 45.1 Å². The summed E-state index contributed by atoms with van der Waals surface area (Å²) in [5, 5.41) is 14.4. The maximum atomic E-state index is 9.99. The van der Waals surface area contributed by atoms with Crippen molar-refractivity contribution in [3.8, 4) is 0 Å². The second kappa shape index (κ2) is 6.64. The van der Waals surface area contributed by atoms with Crippen LogP contribution >= 0.6 is 0 Å². The van der Waals surface area contributed by atoms with Crippen LogP contribution in [0.3, 0.4) is 0 Å². The molecular formula is C16H22N2O. The second-order valence-corrected chi connectivity index (χ2v) is 5.41. The molecule has 102 valence electrons. The van der Waals surface area contributed by atoms with Crippen LogP contribution in [0.1, 0.15) is 19.5 Å². The van der Waals surface area contributed by atoms with Crippen LogP contribution in [0.25, 0.3) is 10.9 Å². The van der Waals surface area contributed by atoms with Crippen molar-refractivity contribution in [1.82, 2.24) is 10.3 Å². The van der Waals surface area contributed by atoms with Crippen molar-refractivity contribution >= 4 is 10.9 Å². The molecule has 0 aliphatic carbocycles. The van der Waals surface area contributed by atoms with E-state index in [1.807, 2.05) is 30.3 Å². The Hall–Kier alpha value is -1.45. The normalized spacial score (nSPS) is 13.1. The summed E-state index contributed by atoms with van der Waals surface area (Å²) in [5.74, 6) is 0.603. The lowest BCUT2D eigenvalue weighted by Crippen LogP contribution is -2.31. The maximum absolute atomic E-state index is 9.99. The van der Waals surface area contributed by atoms with Crippen LogP contribution in [0, 0.1) is 5.92 Å². The molecule has 0 spiro atoms. The Morgan fingerprint density at radius 3 is 2.68 bits per heavy atom. The van der Waals surface area contributed by atoms with Crippen molar-refractivity contribution < 1.29 is 5.11 Å². The molecule has 3 nitrogen and oxygen atoms in total. The highest BCUT2D eigenvalue weighted by Crippen LogP contribution is 2.12. The highest BCUT2D eigenvalue weighted by Gasteiger charge is 2.07. The van der Waals surface area contributed by atoms with Crippen molar-refractivity contribution in [1.29, 1.82) is 0 Å². The lowest BCUT2D eigenvalue weighted by atomic mass is 10.1. The Morgan fingerprint density at radius 1 is 1.11 bits per heavy atom. The summed E-state index contributed by atoms with van der Waals surface area (Å²) >= 11 is 0. The molecule has 1 heterocycles. The van der Waals surface area contributed by atoms with Gasteiger partial charge in [-0.2, -0.15) is 0 Å². The van der Waals surface area contributed by atoms with Crippen molar-refractivity contribution in [2.75, 3.05) is 13.1 Å². The number of pyridine rings is 1.